The van der Waals surface area contributed by atoms with Gasteiger partial charge >= 0.3 is 0 Å². The third kappa shape index (κ3) is 7.70. The number of carbonyl (C=O) groups excluding carboxylic acids is 1. The zero-order valence-corrected chi connectivity index (χ0v) is 6.53. The second kappa shape index (κ2) is 4.57. The van der Waals surface area contributed by atoms with Gasteiger partial charge in [-0.15, -0.1) is 0 Å². The van der Waals surface area contributed by atoms with Crippen molar-refractivity contribution in [2.75, 3.05) is 0 Å². The molecule has 0 rings (SSSR count). The minimum atomic E-state index is 0.212. The summed E-state index contributed by atoms with van der Waals surface area (Å²) in [4.78, 5) is 10.4. The van der Waals surface area contributed by atoms with Crippen molar-refractivity contribution in [3.8, 4) is 0 Å². The van der Waals surface area contributed by atoms with E-state index in [4.69, 9.17) is 11.6 Å². The van der Waals surface area contributed by atoms with E-state index in [1.165, 1.54) is 0 Å². The van der Waals surface area contributed by atoms with E-state index in [0.717, 1.165) is 11.5 Å². The van der Waals surface area contributed by atoms with Crippen LogP contribution in [0.4, 0.5) is 0 Å². The quantitative estimate of drug-likeness (QED) is 0.598. The first-order chi connectivity index (χ1) is 4.13. The number of hydrogen-bond donors (Lipinski definition) is 0. The fourth-order valence-electron chi connectivity index (χ4n) is 0.474. The van der Waals surface area contributed by atoms with Crippen LogP contribution in [-0.2, 0) is 4.79 Å². The molecule has 0 bridgehead atoms. The summed E-state index contributed by atoms with van der Waals surface area (Å²) >= 11 is 5.51. The smallest absolute Gasteiger partial charge is 0.130 e. The van der Waals surface area contributed by atoms with Crippen molar-refractivity contribution >= 4 is 17.4 Å². The van der Waals surface area contributed by atoms with Crippen LogP contribution in [0.3, 0.4) is 0 Å². The summed E-state index contributed by atoms with van der Waals surface area (Å²) in [5.41, 5.74) is 0. The van der Waals surface area contributed by atoms with Gasteiger partial charge in [-0.25, -0.2) is 0 Å². The Labute approximate surface area is 60.7 Å². The van der Waals surface area contributed by atoms with Crippen molar-refractivity contribution < 1.29 is 4.79 Å². The fourth-order valence-corrected chi connectivity index (χ4v) is 0.583. The molecule has 0 aromatic carbocycles. The second-order valence-corrected chi connectivity index (χ2v) is 2.63. The third-order valence-electron chi connectivity index (χ3n) is 0.922. The van der Waals surface area contributed by atoms with Gasteiger partial charge in [0.1, 0.15) is 5.78 Å². The summed E-state index contributed by atoms with van der Waals surface area (Å²) in [6, 6.07) is 0. The normalized spacial score (nSPS) is 11.7. The van der Waals surface area contributed by atoms with Crippen molar-refractivity contribution in [2.45, 2.75) is 26.7 Å². The summed E-state index contributed by atoms with van der Waals surface area (Å²) in [5.74, 6) is 0.212. The largest absolute Gasteiger partial charge is 0.300 e. The lowest BCUT2D eigenvalue weighted by Crippen LogP contribution is -1.86. The maximum atomic E-state index is 10.4. The molecule has 0 unspecified atom stereocenters. The van der Waals surface area contributed by atoms with E-state index < -0.39 is 0 Å². The van der Waals surface area contributed by atoms with Crippen LogP contribution in [0.2, 0.25) is 0 Å². The highest BCUT2D eigenvalue weighted by atomic mass is 35.5. The fraction of sp³-hybridized carbons (Fsp3) is 0.571. The Balaban J connectivity index is 3.31. The van der Waals surface area contributed by atoms with Crippen LogP contribution in [-0.4, -0.2) is 5.78 Å². The molecule has 52 valence electrons. The molecule has 0 spiro atoms. The first-order valence-corrected chi connectivity index (χ1v) is 3.32. The molecule has 0 saturated heterocycles. The molecule has 2 heteroatoms. The molecular formula is C7H11ClO. The number of ketones is 1. The molecule has 0 aliphatic rings. The van der Waals surface area contributed by atoms with E-state index in [2.05, 4.69) is 0 Å². The van der Waals surface area contributed by atoms with E-state index in [1.54, 1.807) is 6.92 Å². The number of rotatable bonds is 3. The molecule has 0 radical (unpaired) electrons. The average molecular weight is 147 g/mol. The molecule has 0 atom stereocenters. The minimum absolute atomic E-state index is 0.212. The molecule has 0 amide bonds. The lowest BCUT2D eigenvalue weighted by Gasteiger charge is -1.87. The highest BCUT2D eigenvalue weighted by Crippen LogP contribution is 2.01. The molecule has 0 heterocycles. The minimum Gasteiger partial charge on any atom is -0.300 e. The van der Waals surface area contributed by atoms with Crippen molar-refractivity contribution in [3.05, 3.63) is 11.1 Å². The van der Waals surface area contributed by atoms with Crippen molar-refractivity contribution in [3.63, 3.8) is 0 Å². The predicted octanol–water partition coefficient (Wildman–Crippen LogP) is 2.50. The molecule has 0 aromatic heterocycles. The highest BCUT2D eigenvalue weighted by Gasteiger charge is 1.88. The van der Waals surface area contributed by atoms with Crippen molar-refractivity contribution in [1.82, 2.24) is 0 Å². The van der Waals surface area contributed by atoms with Gasteiger partial charge in [0.15, 0.2) is 0 Å². The molecule has 0 aromatic rings. The molecule has 9 heavy (non-hydrogen) atoms. The predicted molar refractivity (Wildman–Crippen MR) is 39.5 cm³/mol. The second-order valence-electron chi connectivity index (χ2n) is 2.03. The first kappa shape index (κ1) is 8.70. The number of halogens is 1. The van der Waals surface area contributed by atoms with Crippen LogP contribution in [0, 0.1) is 0 Å². The summed E-state index contributed by atoms with van der Waals surface area (Å²) in [7, 11) is 0. The van der Waals surface area contributed by atoms with Gasteiger partial charge in [-0.05, 0) is 20.3 Å². The maximum absolute atomic E-state index is 10.4. The van der Waals surface area contributed by atoms with Crippen LogP contribution >= 0.6 is 11.6 Å². The standard InChI is InChI=1S/C7H11ClO/c1-6(8)4-3-5-7(2)9/h4H,3,5H2,1-2H3. The number of allylic oxidation sites excluding steroid dienone is 2. The van der Waals surface area contributed by atoms with Gasteiger partial charge in [-0.1, -0.05) is 17.7 Å². The molecule has 1 nitrogen and oxygen atoms in total. The summed E-state index contributed by atoms with van der Waals surface area (Å²) < 4.78 is 0. The van der Waals surface area contributed by atoms with Gasteiger partial charge in [-0.3, -0.25) is 0 Å². The Hall–Kier alpha value is -0.300. The van der Waals surface area contributed by atoms with Gasteiger partial charge in [0.2, 0.25) is 0 Å². The maximum Gasteiger partial charge on any atom is 0.130 e. The van der Waals surface area contributed by atoms with Crippen LogP contribution in [0.25, 0.3) is 0 Å². The lowest BCUT2D eigenvalue weighted by molar-refractivity contribution is -0.116. The van der Waals surface area contributed by atoms with E-state index in [1.807, 2.05) is 13.0 Å². The van der Waals surface area contributed by atoms with Crippen LogP contribution in [0.15, 0.2) is 11.1 Å². The zero-order chi connectivity index (χ0) is 7.28. The number of carbonyl (C=O) groups is 1. The van der Waals surface area contributed by atoms with Crippen LogP contribution in [0.1, 0.15) is 26.7 Å². The lowest BCUT2D eigenvalue weighted by atomic mass is 10.2. The average Bonchev–Trinajstić information content (AvgIpc) is 1.63. The molecular weight excluding hydrogens is 136 g/mol. The summed E-state index contributed by atoms with van der Waals surface area (Å²) in [6.45, 7) is 3.39. The molecule has 0 N–H and O–H groups in total. The van der Waals surface area contributed by atoms with Crippen LogP contribution in [0.5, 0.6) is 0 Å². The van der Waals surface area contributed by atoms with Gasteiger partial charge in [0.25, 0.3) is 0 Å². The molecule has 0 aliphatic heterocycles. The molecule has 0 saturated carbocycles. The Morgan fingerprint density at radius 2 is 2.11 bits per heavy atom. The zero-order valence-electron chi connectivity index (χ0n) is 5.78. The monoisotopic (exact) mass is 146 g/mol. The van der Waals surface area contributed by atoms with E-state index in [0.29, 0.717) is 6.42 Å². The van der Waals surface area contributed by atoms with Gasteiger partial charge in [-0.2, -0.15) is 0 Å². The molecule has 0 aliphatic carbocycles. The van der Waals surface area contributed by atoms with E-state index in [-0.39, 0.29) is 5.78 Å². The Morgan fingerprint density at radius 1 is 1.56 bits per heavy atom. The topological polar surface area (TPSA) is 17.1 Å². The first-order valence-electron chi connectivity index (χ1n) is 2.94. The van der Waals surface area contributed by atoms with E-state index in [9.17, 15) is 4.79 Å². The van der Waals surface area contributed by atoms with Gasteiger partial charge in [0, 0.05) is 11.5 Å². The third-order valence-corrected chi connectivity index (χ3v) is 1.08. The Morgan fingerprint density at radius 3 is 2.44 bits per heavy atom. The highest BCUT2D eigenvalue weighted by molar-refractivity contribution is 6.29. The number of Topliss-reactive ketones (excluding diaryl/α,β-unsaturated/α-hetero) is 1. The van der Waals surface area contributed by atoms with Crippen LogP contribution < -0.4 is 0 Å². The Bertz CT molecular complexity index is 123. The molecule has 0 fully saturated rings. The van der Waals surface area contributed by atoms with Crippen molar-refractivity contribution in [1.29, 1.82) is 0 Å². The summed E-state index contributed by atoms with van der Waals surface area (Å²) in [6.07, 6.45) is 3.22. The Kier molecular flexibility index (Phi) is 4.41. The van der Waals surface area contributed by atoms with Crippen molar-refractivity contribution in [2.24, 2.45) is 0 Å². The van der Waals surface area contributed by atoms with E-state index >= 15 is 0 Å². The number of hydrogen-bond acceptors (Lipinski definition) is 1. The SMILES string of the molecule is CC(=O)CCC=C(C)Cl. The van der Waals surface area contributed by atoms with Gasteiger partial charge in [0.05, 0.1) is 0 Å². The van der Waals surface area contributed by atoms with Gasteiger partial charge < -0.3 is 4.79 Å². The summed E-state index contributed by atoms with van der Waals surface area (Å²) in [5, 5.41) is 0.760.